The maximum atomic E-state index is 5.08. The van der Waals surface area contributed by atoms with Gasteiger partial charge in [-0.05, 0) is 18.6 Å². The first-order valence-corrected chi connectivity index (χ1v) is 5.33. The van der Waals surface area contributed by atoms with E-state index in [2.05, 4.69) is 37.9 Å². The zero-order chi connectivity index (χ0) is 7.98. The zero-order valence-electron chi connectivity index (χ0n) is 5.66. The van der Waals surface area contributed by atoms with Crippen molar-refractivity contribution in [3.8, 4) is 0 Å². The molecule has 4 heteroatoms. The molecule has 0 saturated carbocycles. The lowest BCUT2D eigenvalue weighted by atomic mass is 10.2. The highest BCUT2D eigenvalue weighted by molar-refractivity contribution is 7.88. The zero-order valence-corrected chi connectivity index (χ0v) is 9.16. The highest BCUT2D eigenvalue weighted by atomic mass is 32.1. The Hall–Kier alpha value is 1.14. The first-order chi connectivity index (χ1) is 4.72. The maximum absolute atomic E-state index is 5.08. The van der Waals surface area contributed by atoms with Crippen molar-refractivity contribution in [1.29, 1.82) is 0 Å². The van der Waals surface area contributed by atoms with E-state index in [9.17, 15) is 0 Å². The summed E-state index contributed by atoms with van der Waals surface area (Å²) in [6.07, 6.45) is 2.00. The SMILES string of the molecule is S=C(CCCS)C(S)CS. The van der Waals surface area contributed by atoms with Gasteiger partial charge in [0, 0.05) is 15.9 Å². The van der Waals surface area contributed by atoms with Crippen LogP contribution in [0.1, 0.15) is 12.8 Å². The molecule has 0 radical (unpaired) electrons. The van der Waals surface area contributed by atoms with Crippen LogP contribution in [0.4, 0.5) is 0 Å². The lowest BCUT2D eigenvalue weighted by Crippen LogP contribution is -2.13. The van der Waals surface area contributed by atoms with Crippen molar-refractivity contribution in [1.82, 2.24) is 0 Å². The summed E-state index contributed by atoms with van der Waals surface area (Å²) in [5.74, 6) is 1.63. The largest absolute Gasteiger partial charge is 0.179 e. The highest BCUT2D eigenvalue weighted by Crippen LogP contribution is 2.06. The van der Waals surface area contributed by atoms with E-state index in [0.29, 0.717) is 0 Å². The minimum atomic E-state index is 0.179. The van der Waals surface area contributed by atoms with E-state index in [0.717, 1.165) is 29.2 Å². The minimum Gasteiger partial charge on any atom is -0.179 e. The number of thiol groups is 3. The van der Waals surface area contributed by atoms with E-state index in [4.69, 9.17) is 12.2 Å². The highest BCUT2D eigenvalue weighted by Gasteiger charge is 2.05. The average molecular weight is 212 g/mol. The second-order valence-electron chi connectivity index (χ2n) is 1.99. The van der Waals surface area contributed by atoms with Crippen molar-refractivity contribution in [2.45, 2.75) is 18.1 Å². The van der Waals surface area contributed by atoms with Crippen LogP contribution in [0.5, 0.6) is 0 Å². The second-order valence-corrected chi connectivity index (χ2v) is 3.95. The Labute approximate surface area is 84.4 Å². The fourth-order valence-electron chi connectivity index (χ4n) is 0.522. The second kappa shape index (κ2) is 6.83. The van der Waals surface area contributed by atoms with E-state index in [1.54, 1.807) is 0 Å². The molecule has 10 heavy (non-hydrogen) atoms. The lowest BCUT2D eigenvalue weighted by Gasteiger charge is -2.07. The molecule has 0 nitrogen and oxygen atoms in total. The van der Waals surface area contributed by atoms with Crippen molar-refractivity contribution in [2.75, 3.05) is 11.5 Å². The molecule has 0 aliphatic heterocycles. The molecule has 0 aromatic carbocycles. The van der Waals surface area contributed by atoms with Crippen molar-refractivity contribution >= 4 is 55.0 Å². The van der Waals surface area contributed by atoms with Gasteiger partial charge in [0.1, 0.15) is 0 Å². The first-order valence-electron chi connectivity index (χ1n) is 3.15. The van der Waals surface area contributed by atoms with Crippen LogP contribution in [0, 0.1) is 0 Å². The van der Waals surface area contributed by atoms with Gasteiger partial charge in [-0.1, -0.05) is 12.2 Å². The van der Waals surface area contributed by atoms with Gasteiger partial charge in [0.25, 0.3) is 0 Å². The third kappa shape index (κ3) is 4.88. The summed E-state index contributed by atoms with van der Waals surface area (Å²) in [4.78, 5) is 1.01. The van der Waals surface area contributed by atoms with E-state index in [1.165, 1.54) is 0 Å². The van der Waals surface area contributed by atoms with Gasteiger partial charge in [-0.3, -0.25) is 0 Å². The summed E-state index contributed by atoms with van der Waals surface area (Å²) in [5, 5.41) is 0.179. The molecule has 0 saturated heterocycles. The monoisotopic (exact) mass is 212 g/mol. The Bertz CT molecular complexity index is 102. The molecule has 0 spiro atoms. The van der Waals surface area contributed by atoms with Crippen LogP contribution in [0.2, 0.25) is 0 Å². The standard InChI is InChI=1S/C6H12S4/c7-3-1-2-5(9)6(10)4-8/h6-8,10H,1-4H2. The van der Waals surface area contributed by atoms with Crippen molar-refractivity contribution < 1.29 is 0 Å². The van der Waals surface area contributed by atoms with Crippen molar-refractivity contribution in [3.05, 3.63) is 0 Å². The summed E-state index contributed by atoms with van der Waals surface area (Å²) in [7, 11) is 0. The van der Waals surface area contributed by atoms with Crippen LogP contribution in [0.15, 0.2) is 0 Å². The molecular weight excluding hydrogens is 200 g/mol. The van der Waals surface area contributed by atoms with Crippen LogP contribution in [0.25, 0.3) is 0 Å². The Balaban J connectivity index is 3.42. The number of rotatable bonds is 5. The molecule has 0 aliphatic rings. The fraction of sp³-hybridized carbons (Fsp3) is 0.833. The molecule has 0 aliphatic carbocycles. The minimum absolute atomic E-state index is 0.179. The van der Waals surface area contributed by atoms with Crippen LogP contribution >= 0.6 is 50.1 Å². The van der Waals surface area contributed by atoms with Crippen LogP contribution in [0.3, 0.4) is 0 Å². The molecule has 0 rings (SSSR count). The average Bonchev–Trinajstić information content (AvgIpc) is 1.98. The van der Waals surface area contributed by atoms with Gasteiger partial charge in [0.15, 0.2) is 0 Å². The third-order valence-corrected chi connectivity index (χ3v) is 3.25. The predicted octanol–water partition coefficient (Wildman–Crippen LogP) is 2.29. The predicted molar refractivity (Wildman–Crippen MR) is 62.3 cm³/mol. The molecule has 0 heterocycles. The number of thiocarbonyl (C=S) groups is 1. The van der Waals surface area contributed by atoms with E-state index in [1.807, 2.05) is 0 Å². The Morgan fingerprint density at radius 2 is 2.00 bits per heavy atom. The van der Waals surface area contributed by atoms with Gasteiger partial charge in [0.2, 0.25) is 0 Å². The Kier molecular flexibility index (Phi) is 7.60. The Morgan fingerprint density at radius 1 is 1.40 bits per heavy atom. The topological polar surface area (TPSA) is 0 Å². The van der Waals surface area contributed by atoms with Gasteiger partial charge in [-0.15, -0.1) is 0 Å². The quantitative estimate of drug-likeness (QED) is 0.464. The normalized spacial score (nSPS) is 13.1. The van der Waals surface area contributed by atoms with Crippen molar-refractivity contribution in [2.24, 2.45) is 0 Å². The maximum Gasteiger partial charge on any atom is 0.0418 e. The smallest absolute Gasteiger partial charge is 0.0418 e. The van der Waals surface area contributed by atoms with Crippen molar-refractivity contribution in [3.63, 3.8) is 0 Å². The Morgan fingerprint density at radius 3 is 2.40 bits per heavy atom. The third-order valence-electron chi connectivity index (χ3n) is 1.13. The molecule has 0 amide bonds. The molecular formula is C6H12S4. The number of hydrogen-bond donors (Lipinski definition) is 3. The van der Waals surface area contributed by atoms with Gasteiger partial charge in [-0.2, -0.15) is 37.9 Å². The van der Waals surface area contributed by atoms with Crippen LogP contribution in [-0.2, 0) is 0 Å². The summed E-state index contributed by atoms with van der Waals surface area (Å²) in [6, 6.07) is 0. The van der Waals surface area contributed by atoms with Gasteiger partial charge in [-0.25, -0.2) is 0 Å². The van der Waals surface area contributed by atoms with Gasteiger partial charge in [0.05, 0.1) is 0 Å². The lowest BCUT2D eigenvalue weighted by molar-refractivity contribution is 1.01. The molecule has 0 fully saturated rings. The molecule has 0 bridgehead atoms. The number of hydrogen-bond acceptors (Lipinski definition) is 4. The summed E-state index contributed by atoms with van der Waals surface area (Å²) < 4.78 is 0. The summed E-state index contributed by atoms with van der Waals surface area (Å²) >= 11 is 17.5. The molecule has 0 aromatic heterocycles. The molecule has 1 atom stereocenters. The first kappa shape index (κ1) is 11.1. The molecule has 0 aromatic rings. The van der Waals surface area contributed by atoms with Gasteiger partial charge >= 0.3 is 0 Å². The summed E-state index contributed by atoms with van der Waals surface area (Å²) in [5.41, 5.74) is 0. The molecule has 60 valence electrons. The molecule has 1 unspecified atom stereocenters. The van der Waals surface area contributed by atoms with Gasteiger partial charge < -0.3 is 0 Å². The fourth-order valence-corrected chi connectivity index (χ4v) is 1.38. The van der Waals surface area contributed by atoms with E-state index >= 15 is 0 Å². The van der Waals surface area contributed by atoms with Crippen LogP contribution in [-0.4, -0.2) is 21.6 Å². The molecule has 0 N–H and O–H groups in total. The van der Waals surface area contributed by atoms with E-state index < -0.39 is 0 Å². The summed E-state index contributed by atoms with van der Waals surface area (Å²) in [6.45, 7) is 0. The van der Waals surface area contributed by atoms with E-state index in [-0.39, 0.29) is 5.25 Å². The van der Waals surface area contributed by atoms with Crippen LogP contribution < -0.4 is 0 Å².